The van der Waals surface area contributed by atoms with E-state index in [-0.39, 0.29) is 26.4 Å². The van der Waals surface area contributed by atoms with Crippen LogP contribution in [0.4, 0.5) is 0 Å². The molecule has 0 aliphatic rings. The van der Waals surface area contributed by atoms with Gasteiger partial charge in [-0.15, -0.1) is 34.3 Å². The summed E-state index contributed by atoms with van der Waals surface area (Å²) in [6, 6.07) is 22.5. The Kier molecular flexibility index (Phi) is 14.7. The Morgan fingerprint density at radius 2 is 1.18 bits per heavy atom. The van der Waals surface area contributed by atoms with E-state index in [0.29, 0.717) is 23.6 Å². The number of alkyl halides is 1. The van der Waals surface area contributed by atoms with E-state index in [0.717, 1.165) is 73.3 Å². The molecule has 0 saturated carbocycles. The normalized spacial score (nSPS) is 10.4. The van der Waals surface area contributed by atoms with Crippen LogP contribution in [0.3, 0.4) is 0 Å². The molecule has 2 aromatic carbocycles. The van der Waals surface area contributed by atoms with Gasteiger partial charge in [0, 0.05) is 63.7 Å². The summed E-state index contributed by atoms with van der Waals surface area (Å²) in [7, 11) is 3.22. The van der Waals surface area contributed by atoms with Gasteiger partial charge in [0.1, 0.15) is 21.2 Å². The van der Waals surface area contributed by atoms with Gasteiger partial charge in [-0.05, 0) is 105 Å². The van der Waals surface area contributed by atoms with Crippen molar-refractivity contribution in [1.82, 2.24) is 9.13 Å². The largest absolute Gasteiger partial charge is 0.497 e. The Balaban J connectivity index is 0.000000261. The maximum absolute atomic E-state index is 12.7. The molecule has 12 heteroatoms. The second-order valence-electron chi connectivity index (χ2n) is 11.1. The van der Waals surface area contributed by atoms with E-state index in [1.807, 2.05) is 31.2 Å². The van der Waals surface area contributed by atoms with Gasteiger partial charge in [-0.3, -0.25) is 9.59 Å². The molecular formula is C38H43ClN5O4S2-. The summed E-state index contributed by atoms with van der Waals surface area (Å²) in [5.41, 5.74) is 12.0. The molecule has 0 N–H and O–H groups in total. The number of carbonyl (C=O) groups excluding carboxylic acids is 2. The number of hydrogen-bond acceptors (Lipinski definition) is 7. The Hall–Kier alpha value is -4.54. The standard InChI is InChI=1S/C18H18ClNO2S.C18H18N4O2S.CH4.CH3/c1-12-10-14-11-16(23-18(14)20(12)9-3-8-19)17(21)13-4-6-15(22-2)7-5-13;1-12-10-14-11-16(17(23)13-4-6-15(24-2)7-5-13)25-18(14)22(12)9-3-8-20-21-19;;/h4-7,10-11H,3,8-9H2,1-2H3;4-7,10-11H,3,8-9H2,1-2H3;1H4;1H3/q;;;-1. The minimum absolute atomic E-state index is 0. The summed E-state index contributed by atoms with van der Waals surface area (Å²) in [4.78, 5) is 31.9. The van der Waals surface area contributed by atoms with E-state index in [2.05, 4.69) is 38.2 Å². The van der Waals surface area contributed by atoms with Crippen LogP contribution in [-0.4, -0.2) is 47.3 Å². The minimum Gasteiger partial charge on any atom is -0.497 e. The highest BCUT2D eigenvalue weighted by atomic mass is 35.5. The van der Waals surface area contributed by atoms with Gasteiger partial charge in [0.05, 0.1) is 24.0 Å². The number of aromatic nitrogens is 2. The number of nitrogens with zero attached hydrogens (tertiary/aromatic N) is 5. The SMILES string of the molecule is C.COc1ccc(C(=O)c2cc3cc(C)n(CCCCl)c3s2)cc1.COc1ccc(C(=O)c2cc3cc(C)n(CCCN=[N+]=[N-])c3s2)cc1.[CH3-]. The van der Waals surface area contributed by atoms with Gasteiger partial charge >= 0.3 is 0 Å². The number of fused-ring (bicyclic) bond motifs is 2. The molecule has 0 bridgehead atoms. The molecule has 0 aliphatic heterocycles. The summed E-state index contributed by atoms with van der Waals surface area (Å²) >= 11 is 8.86. The molecule has 0 radical (unpaired) electrons. The van der Waals surface area contributed by atoms with Gasteiger partial charge in [0.25, 0.3) is 0 Å². The Morgan fingerprint density at radius 1 is 0.760 bits per heavy atom. The van der Waals surface area contributed by atoms with E-state index in [1.165, 1.54) is 17.0 Å². The molecule has 0 atom stereocenters. The van der Waals surface area contributed by atoms with Crippen molar-refractivity contribution < 1.29 is 19.1 Å². The highest BCUT2D eigenvalue weighted by Crippen LogP contribution is 2.32. The molecule has 4 heterocycles. The lowest BCUT2D eigenvalue weighted by Crippen LogP contribution is -2.01. The predicted octanol–water partition coefficient (Wildman–Crippen LogP) is 10.9. The predicted molar refractivity (Wildman–Crippen MR) is 209 cm³/mol. The molecule has 6 aromatic rings. The Bertz CT molecular complexity index is 2090. The molecule has 0 unspecified atom stereocenters. The lowest BCUT2D eigenvalue weighted by atomic mass is 10.1. The molecule has 0 spiro atoms. The zero-order chi connectivity index (χ0) is 34.2. The van der Waals surface area contributed by atoms with Gasteiger partial charge in [-0.1, -0.05) is 12.5 Å². The molecule has 0 amide bonds. The number of ether oxygens (including phenoxy) is 2. The fourth-order valence-electron chi connectivity index (χ4n) is 5.46. The maximum atomic E-state index is 12.7. The number of azide groups is 1. The summed E-state index contributed by atoms with van der Waals surface area (Å²) in [6.45, 7) is 6.26. The van der Waals surface area contributed by atoms with E-state index >= 15 is 0 Å². The van der Waals surface area contributed by atoms with E-state index in [9.17, 15) is 9.59 Å². The third-order valence-electron chi connectivity index (χ3n) is 7.92. The summed E-state index contributed by atoms with van der Waals surface area (Å²) in [6.07, 6.45) is 1.69. The minimum atomic E-state index is 0. The lowest BCUT2D eigenvalue weighted by molar-refractivity contribution is 0.103. The monoisotopic (exact) mass is 732 g/mol. The summed E-state index contributed by atoms with van der Waals surface area (Å²) in [5.74, 6) is 2.19. The van der Waals surface area contributed by atoms with Gasteiger partial charge in [0.15, 0.2) is 0 Å². The fourth-order valence-corrected chi connectivity index (χ4v) is 7.95. The number of carbonyl (C=O) groups is 2. The van der Waals surface area contributed by atoms with Crippen LogP contribution >= 0.6 is 34.3 Å². The number of halogens is 1. The molecule has 4 aromatic heterocycles. The van der Waals surface area contributed by atoms with Crippen molar-refractivity contribution in [2.75, 3.05) is 26.6 Å². The van der Waals surface area contributed by atoms with Crippen molar-refractivity contribution in [3.8, 4) is 11.5 Å². The highest BCUT2D eigenvalue weighted by Gasteiger charge is 2.18. The molecular weight excluding hydrogens is 690 g/mol. The number of thiophene rings is 2. The fraction of sp³-hybridized carbons (Fsp3) is 0.289. The molecule has 264 valence electrons. The van der Waals surface area contributed by atoms with E-state index in [4.69, 9.17) is 26.6 Å². The molecule has 9 nitrogen and oxygen atoms in total. The number of hydrogen-bond donors (Lipinski definition) is 0. The Morgan fingerprint density at radius 3 is 1.56 bits per heavy atom. The Labute approximate surface area is 306 Å². The van der Waals surface area contributed by atoms with Crippen molar-refractivity contribution in [2.45, 2.75) is 47.2 Å². The number of rotatable bonds is 13. The molecule has 0 fully saturated rings. The number of ketones is 2. The number of aryl methyl sites for hydroxylation is 4. The topological polar surface area (TPSA) is 111 Å². The van der Waals surface area contributed by atoms with Crippen LogP contribution in [-0.2, 0) is 13.1 Å². The zero-order valence-electron chi connectivity index (χ0n) is 28.2. The summed E-state index contributed by atoms with van der Waals surface area (Å²) in [5, 5.41) is 5.77. The van der Waals surface area contributed by atoms with Crippen LogP contribution in [0.1, 0.15) is 62.1 Å². The summed E-state index contributed by atoms with van der Waals surface area (Å²) < 4.78 is 14.7. The van der Waals surface area contributed by atoms with Crippen molar-refractivity contribution in [3.63, 3.8) is 0 Å². The van der Waals surface area contributed by atoms with Crippen molar-refractivity contribution in [3.05, 3.63) is 123 Å². The van der Waals surface area contributed by atoms with Crippen LogP contribution in [0.15, 0.2) is 77.9 Å². The number of methoxy groups -OCH3 is 2. The van der Waals surface area contributed by atoms with Crippen molar-refractivity contribution >= 4 is 66.3 Å². The van der Waals surface area contributed by atoms with Gasteiger partial charge < -0.3 is 26.0 Å². The first-order valence-electron chi connectivity index (χ1n) is 15.4. The third-order valence-corrected chi connectivity index (χ3v) is 10.5. The molecule has 6 rings (SSSR count). The van der Waals surface area contributed by atoms with Crippen LogP contribution < -0.4 is 9.47 Å². The zero-order valence-corrected chi connectivity index (χ0v) is 30.6. The van der Waals surface area contributed by atoms with Crippen molar-refractivity contribution in [1.29, 1.82) is 0 Å². The number of benzene rings is 2. The van der Waals surface area contributed by atoms with Crippen LogP contribution in [0.2, 0.25) is 0 Å². The van der Waals surface area contributed by atoms with E-state index < -0.39 is 0 Å². The maximum Gasteiger partial charge on any atom is 0.203 e. The second kappa shape index (κ2) is 18.5. The van der Waals surface area contributed by atoms with Crippen LogP contribution in [0.25, 0.3) is 30.9 Å². The average Bonchev–Trinajstić information content (AvgIpc) is 3.85. The van der Waals surface area contributed by atoms with Gasteiger partial charge in [-0.25, -0.2) is 0 Å². The lowest BCUT2D eigenvalue weighted by Gasteiger charge is -2.05. The average molecular weight is 733 g/mol. The van der Waals surface area contributed by atoms with Crippen molar-refractivity contribution in [2.24, 2.45) is 5.11 Å². The quantitative estimate of drug-likeness (QED) is 0.0224. The molecule has 0 saturated heterocycles. The van der Waals surface area contributed by atoms with Crippen LogP contribution in [0.5, 0.6) is 11.5 Å². The van der Waals surface area contributed by atoms with Gasteiger partial charge in [-0.2, -0.15) is 0 Å². The van der Waals surface area contributed by atoms with Gasteiger partial charge in [0.2, 0.25) is 11.6 Å². The first kappa shape index (κ1) is 39.9. The van der Waals surface area contributed by atoms with E-state index in [1.54, 1.807) is 62.0 Å². The first-order chi connectivity index (χ1) is 23.3. The third kappa shape index (κ3) is 8.97. The van der Waals surface area contributed by atoms with Crippen LogP contribution in [0, 0.1) is 21.3 Å². The molecule has 0 aliphatic carbocycles. The first-order valence-corrected chi connectivity index (χ1v) is 17.6. The molecule has 50 heavy (non-hydrogen) atoms. The highest BCUT2D eigenvalue weighted by molar-refractivity contribution is 7.21. The smallest absolute Gasteiger partial charge is 0.203 e. The second-order valence-corrected chi connectivity index (χ2v) is 13.5.